The topological polar surface area (TPSA) is 24.1 Å². The highest BCUT2D eigenvalue weighted by Gasteiger charge is 2.09. The summed E-state index contributed by atoms with van der Waals surface area (Å²) in [6.07, 6.45) is 1.23. The molecule has 2 heteroatoms. The van der Waals surface area contributed by atoms with Crippen molar-refractivity contribution in [2.45, 2.75) is 46.2 Å². The van der Waals surface area contributed by atoms with E-state index in [-0.39, 0.29) is 0 Å². The first-order valence-electron chi connectivity index (χ1n) is 8.52. The van der Waals surface area contributed by atoms with Crippen LogP contribution in [0.3, 0.4) is 0 Å². The highest BCUT2D eigenvalue weighted by atomic mass is 15.0. The molecule has 0 aliphatic rings. The molecule has 2 aromatic rings. The molecule has 0 aliphatic carbocycles. The van der Waals surface area contributed by atoms with Crippen molar-refractivity contribution < 1.29 is 0 Å². The van der Waals surface area contributed by atoms with Gasteiger partial charge in [0.25, 0.3) is 0 Å². The van der Waals surface area contributed by atoms with Crippen LogP contribution in [0.2, 0.25) is 0 Å². The third-order valence-electron chi connectivity index (χ3n) is 4.18. The van der Waals surface area contributed by atoms with Crippen molar-refractivity contribution in [2.75, 3.05) is 13.1 Å². The van der Waals surface area contributed by atoms with E-state index in [2.05, 4.69) is 80.8 Å². The van der Waals surface area contributed by atoms with Crippen molar-refractivity contribution in [2.24, 2.45) is 5.92 Å². The Labute approximate surface area is 135 Å². The Hall–Kier alpha value is -1.38. The molecular weight excluding hydrogens is 268 g/mol. The lowest BCUT2D eigenvalue weighted by atomic mass is 10.00. The highest BCUT2D eigenvalue weighted by Crippen LogP contribution is 2.23. The minimum Gasteiger partial charge on any atom is -0.313 e. The maximum Gasteiger partial charge on any atom is 0.0298 e. The fourth-order valence-corrected chi connectivity index (χ4v) is 3.14. The molecule has 120 valence electrons. The fourth-order valence-electron chi connectivity index (χ4n) is 3.14. The second-order valence-corrected chi connectivity index (χ2v) is 6.73. The average molecular weight is 298 g/mol. The molecule has 2 aromatic carbocycles. The summed E-state index contributed by atoms with van der Waals surface area (Å²) in [5, 5.41) is 9.90. The van der Waals surface area contributed by atoms with Crippen LogP contribution in [0.4, 0.5) is 0 Å². The van der Waals surface area contributed by atoms with Crippen LogP contribution < -0.4 is 10.6 Å². The summed E-state index contributed by atoms with van der Waals surface area (Å²) in [5.74, 6) is 0.755. The monoisotopic (exact) mass is 298 g/mol. The van der Waals surface area contributed by atoms with Gasteiger partial charge in [0.1, 0.15) is 0 Å². The molecule has 22 heavy (non-hydrogen) atoms. The first-order valence-corrected chi connectivity index (χ1v) is 8.52. The van der Waals surface area contributed by atoms with Crippen LogP contribution in [0, 0.1) is 5.92 Å². The standard InChI is InChI=1S/C20H30N2/c1-15(2)14-16(3)21-12-13-22-17(4)19-11-7-9-18-8-5-6-10-20(18)19/h5-11,15-17,21-22H,12-14H2,1-4H3. The van der Waals surface area contributed by atoms with E-state index in [9.17, 15) is 0 Å². The molecule has 0 radical (unpaired) electrons. The van der Waals surface area contributed by atoms with E-state index < -0.39 is 0 Å². The first-order chi connectivity index (χ1) is 10.6. The molecule has 0 heterocycles. The summed E-state index contributed by atoms with van der Waals surface area (Å²) >= 11 is 0. The second kappa shape index (κ2) is 8.30. The Bertz CT molecular complexity index is 571. The quantitative estimate of drug-likeness (QED) is 0.700. The summed E-state index contributed by atoms with van der Waals surface area (Å²) in [6.45, 7) is 11.1. The van der Waals surface area contributed by atoms with Crippen molar-refractivity contribution in [3.05, 3.63) is 48.0 Å². The van der Waals surface area contributed by atoms with Gasteiger partial charge in [0.2, 0.25) is 0 Å². The van der Waals surface area contributed by atoms with Gasteiger partial charge < -0.3 is 10.6 Å². The van der Waals surface area contributed by atoms with E-state index in [0.717, 1.165) is 19.0 Å². The second-order valence-electron chi connectivity index (χ2n) is 6.73. The van der Waals surface area contributed by atoms with Crippen LogP contribution in [0.1, 0.15) is 45.7 Å². The van der Waals surface area contributed by atoms with E-state index in [1.54, 1.807) is 0 Å². The smallest absolute Gasteiger partial charge is 0.0298 e. The minimum absolute atomic E-state index is 0.369. The summed E-state index contributed by atoms with van der Waals surface area (Å²) in [7, 11) is 0. The van der Waals surface area contributed by atoms with E-state index in [0.29, 0.717) is 12.1 Å². The molecule has 0 saturated heterocycles. The van der Waals surface area contributed by atoms with Gasteiger partial charge in [-0.2, -0.15) is 0 Å². The van der Waals surface area contributed by atoms with Crippen LogP contribution in [-0.2, 0) is 0 Å². The van der Waals surface area contributed by atoms with Crippen LogP contribution in [0.5, 0.6) is 0 Å². The Balaban J connectivity index is 1.85. The molecule has 0 aromatic heterocycles. The molecule has 0 spiro atoms. The molecule has 0 fully saturated rings. The molecular formula is C20H30N2. The third-order valence-corrected chi connectivity index (χ3v) is 4.18. The maximum absolute atomic E-state index is 3.64. The highest BCUT2D eigenvalue weighted by molar-refractivity contribution is 5.86. The first kappa shape index (κ1) is 17.0. The van der Waals surface area contributed by atoms with Crippen LogP contribution in [0.15, 0.2) is 42.5 Å². The zero-order valence-electron chi connectivity index (χ0n) is 14.4. The maximum atomic E-state index is 3.64. The molecule has 0 aliphatic heterocycles. The zero-order valence-corrected chi connectivity index (χ0v) is 14.4. The van der Waals surface area contributed by atoms with Crippen molar-refractivity contribution in [1.29, 1.82) is 0 Å². The van der Waals surface area contributed by atoms with Gasteiger partial charge in [0.05, 0.1) is 0 Å². The molecule has 0 saturated carbocycles. The van der Waals surface area contributed by atoms with Crippen LogP contribution in [0.25, 0.3) is 10.8 Å². The van der Waals surface area contributed by atoms with Gasteiger partial charge in [-0.25, -0.2) is 0 Å². The molecule has 2 rings (SSSR count). The molecule has 2 unspecified atom stereocenters. The number of hydrogen-bond acceptors (Lipinski definition) is 2. The lowest BCUT2D eigenvalue weighted by Crippen LogP contribution is -2.34. The number of hydrogen-bond donors (Lipinski definition) is 2. The molecule has 0 amide bonds. The number of nitrogens with one attached hydrogen (secondary N) is 2. The lowest BCUT2D eigenvalue weighted by molar-refractivity contribution is 0.432. The van der Waals surface area contributed by atoms with Gasteiger partial charge in [-0.05, 0) is 42.5 Å². The Morgan fingerprint density at radius 3 is 2.27 bits per heavy atom. The summed E-state index contributed by atoms with van der Waals surface area (Å²) < 4.78 is 0. The molecule has 2 atom stereocenters. The average Bonchev–Trinajstić information content (AvgIpc) is 2.50. The van der Waals surface area contributed by atoms with Gasteiger partial charge in [-0.1, -0.05) is 56.3 Å². The SMILES string of the molecule is CC(C)CC(C)NCCNC(C)c1cccc2ccccc12. The van der Waals surface area contributed by atoms with Crippen molar-refractivity contribution in [3.63, 3.8) is 0 Å². The zero-order chi connectivity index (χ0) is 15.9. The largest absolute Gasteiger partial charge is 0.313 e. The Morgan fingerprint density at radius 2 is 1.50 bits per heavy atom. The fraction of sp³-hybridized carbons (Fsp3) is 0.500. The Morgan fingerprint density at radius 1 is 0.818 bits per heavy atom. The van der Waals surface area contributed by atoms with E-state index >= 15 is 0 Å². The van der Waals surface area contributed by atoms with E-state index in [4.69, 9.17) is 0 Å². The minimum atomic E-state index is 0.369. The van der Waals surface area contributed by atoms with Gasteiger partial charge in [-0.15, -0.1) is 0 Å². The Kier molecular flexibility index (Phi) is 6.41. The summed E-state index contributed by atoms with van der Waals surface area (Å²) in [4.78, 5) is 0. The van der Waals surface area contributed by atoms with E-state index in [1.807, 2.05) is 0 Å². The molecule has 2 N–H and O–H groups in total. The molecule has 2 nitrogen and oxygen atoms in total. The van der Waals surface area contributed by atoms with Gasteiger partial charge in [0.15, 0.2) is 0 Å². The van der Waals surface area contributed by atoms with E-state index in [1.165, 1.54) is 22.8 Å². The number of fused-ring (bicyclic) bond motifs is 1. The lowest BCUT2D eigenvalue weighted by Gasteiger charge is -2.19. The van der Waals surface area contributed by atoms with Gasteiger partial charge in [0, 0.05) is 25.2 Å². The van der Waals surface area contributed by atoms with Gasteiger partial charge >= 0.3 is 0 Å². The summed E-state index contributed by atoms with van der Waals surface area (Å²) in [5.41, 5.74) is 1.38. The molecule has 0 bridgehead atoms. The van der Waals surface area contributed by atoms with Crippen LogP contribution >= 0.6 is 0 Å². The van der Waals surface area contributed by atoms with Crippen molar-refractivity contribution in [1.82, 2.24) is 10.6 Å². The summed E-state index contributed by atoms with van der Waals surface area (Å²) in [6, 6.07) is 16.1. The number of benzene rings is 2. The van der Waals surface area contributed by atoms with Crippen LogP contribution in [-0.4, -0.2) is 19.1 Å². The van der Waals surface area contributed by atoms with Gasteiger partial charge in [-0.3, -0.25) is 0 Å². The number of rotatable bonds is 8. The predicted octanol–water partition coefficient (Wildman–Crippen LogP) is 4.51. The third kappa shape index (κ3) is 4.82. The normalized spacial score (nSPS) is 14.4. The predicted molar refractivity (Wildman–Crippen MR) is 97.3 cm³/mol. The van der Waals surface area contributed by atoms with Crippen molar-refractivity contribution in [3.8, 4) is 0 Å². The van der Waals surface area contributed by atoms with Crippen molar-refractivity contribution >= 4 is 10.8 Å².